The molecule has 3 heteroatoms. The van der Waals surface area contributed by atoms with Crippen molar-refractivity contribution in [3.8, 4) is 0 Å². The third kappa shape index (κ3) is 1.93. The molecule has 2 aliphatic rings. The Hall–Kier alpha value is -2.00. The number of para-hydroxylation sites is 2. The fourth-order valence-electron chi connectivity index (χ4n) is 4.28. The molecule has 0 amide bonds. The maximum absolute atomic E-state index is 2.64. The molecule has 2 aliphatic heterocycles. The summed E-state index contributed by atoms with van der Waals surface area (Å²) in [6, 6.07) is 17.6. The van der Waals surface area contributed by atoms with E-state index in [1.165, 1.54) is 22.5 Å². The van der Waals surface area contributed by atoms with Gasteiger partial charge in [0.1, 0.15) is 12.3 Å². The number of fused-ring (bicyclic) bond motifs is 6. The lowest BCUT2D eigenvalue weighted by molar-refractivity contribution is 0.0153. The third-order valence-electron chi connectivity index (χ3n) is 5.23. The van der Waals surface area contributed by atoms with Crippen LogP contribution >= 0.6 is 0 Å². The molecule has 2 aromatic rings. The molecule has 2 atom stereocenters. The van der Waals surface area contributed by atoms with Crippen LogP contribution in [0.15, 0.2) is 48.5 Å². The van der Waals surface area contributed by atoms with Gasteiger partial charge in [-0.3, -0.25) is 4.90 Å². The van der Waals surface area contributed by atoms with E-state index in [0.717, 1.165) is 0 Å². The van der Waals surface area contributed by atoms with Gasteiger partial charge in [0, 0.05) is 42.1 Å². The van der Waals surface area contributed by atoms with Crippen LogP contribution < -0.4 is 9.80 Å². The van der Waals surface area contributed by atoms with Crippen molar-refractivity contribution in [1.29, 1.82) is 0 Å². The van der Waals surface area contributed by atoms with Crippen molar-refractivity contribution in [1.82, 2.24) is 4.90 Å². The minimum atomic E-state index is 0.0684. The van der Waals surface area contributed by atoms with E-state index in [0.29, 0.717) is 0 Å². The van der Waals surface area contributed by atoms with Crippen molar-refractivity contribution in [2.75, 3.05) is 23.9 Å². The minimum Gasteiger partial charge on any atom is -0.354 e. The summed E-state index contributed by atoms with van der Waals surface area (Å²) < 4.78 is 0. The predicted octanol–water partition coefficient (Wildman–Crippen LogP) is 4.38. The van der Waals surface area contributed by atoms with Crippen molar-refractivity contribution < 1.29 is 0 Å². The molecule has 2 heterocycles. The third-order valence-corrected chi connectivity index (χ3v) is 5.23. The maximum atomic E-state index is 2.64. The lowest BCUT2D eigenvalue weighted by Gasteiger charge is -2.60. The standard InChI is InChI=1S/C20H25N3/c1-20(2,3)23-18-15-11-7-9-13-17(15)22(5)19(23)14-10-6-8-12-16(14)21(18)4/h6-13,18-19H,1-5H3. The van der Waals surface area contributed by atoms with Gasteiger partial charge in [-0.05, 0) is 32.9 Å². The van der Waals surface area contributed by atoms with Crippen molar-refractivity contribution in [2.45, 2.75) is 38.6 Å². The molecule has 4 rings (SSSR count). The summed E-state index contributed by atoms with van der Waals surface area (Å²) in [6.45, 7) is 6.95. The summed E-state index contributed by atoms with van der Waals surface area (Å²) in [4.78, 5) is 7.50. The van der Waals surface area contributed by atoms with E-state index >= 15 is 0 Å². The minimum absolute atomic E-state index is 0.0684. The molecule has 0 saturated carbocycles. The van der Waals surface area contributed by atoms with Crippen molar-refractivity contribution in [3.63, 3.8) is 0 Å². The summed E-state index contributed by atoms with van der Waals surface area (Å²) in [5.41, 5.74) is 5.52. The topological polar surface area (TPSA) is 9.72 Å². The Bertz CT molecular complexity index is 689. The summed E-state index contributed by atoms with van der Waals surface area (Å²) in [7, 11) is 4.45. The molecule has 2 aromatic carbocycles. The summed E-state index contributed by atoms with van der Waals surface area (Å²) in [6.07, 6.45) is 0.532. The van der Waals surface area contributed by atoms with Crippen molar-refractivity contribution >= 4 is 11.4 Å². The second-order valence-corrected chi connectivity index (χ2v) is 7.66. The first-order chi connectivity index (χ1) is 10.9. The average molecular weight is 307 g/mol. The highest BCUT2D eigenvalue weighted by Crippen LogP contribution is 2.54. The molecule has 0 radical (unpaired) electrons. The predicted molar refractivity (Wildman–Crippen MR) is 96.8 cm³/mol. The first-order valence-corrected chi connectivity index (χ1v) is 8.33. The van der Waals surface area contributed by atoms with Crippen LogP contribution in [0.25, 0.3) is 0 Å². The number of anilines is 2. The molecule has 0 aliphatic carbocycles. The highest BCUT2D eigenvalue weighted by Gasteiger charge is 2.49. The van der Waals surface area contributed by atoms with E-state index in [-0.39, 0.29) is 17.9 Å². The van der Waals surface area contributed by atoms with Gasteiger partial charge in [-0.15, -0.1) is 0 Å². The first kappa shape index (κ1) is 14.6. The van der Waals surface area contributed by atoms with Crippen molar-refractivity contribution in [2.24, 2.45) is 0 Å². The molecule has 0 N–H and O–H groups in total. The second-order valence-electron chi connectivity index (χ2n) is 7.66. The summed E-state index contributed by atoms with van der Waals surface area (Å²) >= 11 is 0. The van der Waals surface area contributed by atoms with Crippen molar-refractivity contribution in [3.05, 3.63) is 59.7 Å². The van der Waals surface area contributed by atoms with E-state index < -0.39 is 0 Å². The first-order valence-electron chi connectivity index (χ1n) is 8.33. The average Bonchev–Trinajstić information content (AvgIpc) is 2.53. The van der Waals surface area contributed by atoms with E-state index in [1.54, 1.807) is 0 Å². The van der Waals surface area contributed by atoms with Gasteiger partial charge in [-0.25, -0.2) is 0 Å². The van der Waals surface area contributed by atoms with Crippen LogP contribution in [0.2, 0.25) is 0 Å². The van der Waals surface area contributed by atoms with Gasteiger partial charge in [0.15, 0.2) is 0 Å². The van der Waals surface area contributed by atoms with Gasteiger partial charge in [0.2, 0.25) is 0 Å². The Morgan fingerprint density at radius 3 is 1.48 bits per heavy atom. The monoisotopic (exact) mass is 307 g/mol. The number of nitrogens with zero attached hydrogens (tertiary/aromatic N) is 3. The Kier molecular flexibility index (Phi) is 3.01. The lowest BCUT2D eigenvalue weighted by atomic mass is 9.89. The fourth-order valence-corrected chi connectivity index (χ4v) is 4.28. The van der Waals surface area contributed by atoms with Gasteiger partial charge < -0.3 is 9.80 Å². The molecule has 0 saturated heterocycles. The number of benzene rings is 2. The smallest absolute Gasteiger partial charge is 0.112 e. The van der Waals surface area contributed by atoms with Crippen LogP contribution in [0.1, 0.15) is 44.2 Å². The highest BCUT2D eigenvalue weighted by atomic mass is 15.5. The van der Waals surface area contributed by atoms with Gasteiger partial charge in [0.05, 0.1) is 0 Å². The van der Waals surface area contributed by atoms with Crippen LogP contribution in [-0.2, 0) is 0 Å². The molecule has 0 aromatic heterocycles. The van der Waals surface area contributed by atoms with Gasteiger partial charge in [-0.1, -0.05) is 36.4 Å². The van der Waals surface area contributed by atoms with Gasteiger partial charge >= 0.3 is 0 Å². The number of rotatable bonds is 0. The van der Waals surface area contributed by atoms with E-state index in [1.807, 2.05) is 0 Å². The molecule has 0 spiro atoms. The van der Waals surface area contributed by atoms with Gasteiger partial charge in [-0.2, -0.15) is 0 Å². The Morgan fingerprint density at radius 1 is 0.696 bits per heavy atom. The molecule has 3 nitrogen and oxygen atoms in total. The zero-order valence-corrected chi connectivity index (χ0v) is 14.6. The Labute approximate surface area is 139 Å². The van der Waals surface area contributed by atoms with Crippen LogP contribution in [0.5, 0.6) is 0 Å². The van der Waals surface area contributed by atoms with E-state index in [2.05, 4.69) is 98.1 Å². The molecule has 120 valence electrons. The van der Waals surface area contributed by atoms with E-state index in [4.69, 9.17) is 0 Å². The molecule has 2 unspecified atom stereocenters. The molecular formula is C20H25N3. The molecule has 0 fully saturated rings. The van der Waals surface area contributed by atoms with Crippen LogP contribution in [0.3, 0.4) is 0 Å². The quantitative estimate of drug-likeness (QED) is 0.715. The molecular weight excluding hydrogens is 282 g/mol. The SMILES string of the molecule is CN1c2ccccc2C2N(C)c3ccccc3C1N2C(C)(C)C. The Balaban J connectivity index is 2.02. The number of hydrogen-bond acceptors (Lipinski definition) is 3. The maximum Gasteiger partial charge on any atom is 0.112 e. The second kappa shape index (κ2) is 4.75. The zero-order chi connectivity index (χ0) is 16.4. The summed E-state index contributed by atoms with van der Waals surface area (Å²) in [5.74, 6) is 0. The summed E-state index contributed by atoms with van der Waals surface area (Å²) in [5, 5.41) is 0. The van der Waals surface area contributed by atoms with Crippen LogP contribution in [0, 0.1) is 0 Å². The fraction of sp³-hybridized carbons (Fsp3) is 0.400. The van der Waals surface area contributed by atoms with E-state index in [9.17, 15) is 0 Å². The molecule has 23 heavy (non-hydrogen) atoms. The number of hydrogen-bond donors (Lipinski definition) is 0. The largest absolute Gasteiger partial charge is 0.354 e. The van der Waals surface area contributed by atoms with Crippen LogP contribution in [-0.4, -0.2) is 24.5 Å². The lowest BCUT2D eigenvalue weighted by Crippen LogP contribution is -2.60. The Morgan fingerprint density at radius 2 is 1.09 bits per heavy atom. The zero-order valence-electron chi connectivity index (χ0n) is 14.6. The molecule has 2 bridgehead atoms. The van der Waals surface area contributed by atoms with Gasteiger partial charge in [0.25, 0.3) is 0 Å². The van der Waals surface area contributed by atoms with Crippen LogP contribution in [0.4, 0.5) is 11.4 Å². The normalized spacial score (nSPS) is 23.5. The highest BCUT2D eigenvalue weighted by molar-refractivity contribution is 5.68.